The van der Waals surface area contributed by atoms with Crippen LogP contribution in [0.25, 0.3) is 5.69 Å². The number of carbonyl (C=O) groups excluding carboxylic acids is 1. The molecule has 10 heteroatoms. The molecule has 0 unspecified atom stereocenters. The summed E-state index contributed by atoms with van der Waals surface area (Å²) in [5, 5.41) is 4.60. The van der Waals surface area contributed by atoms with Crippen LogP contribution in [-0.2, 0) is 38.6 Å². The maximum Gasteiger partial charge on any atom is 0.410 e. The van der Waals surface area contributed by atoms with Crippen molar-refractivity contribution in [2.24, 2.45) is 0 Å². The highest BCUT2D eigenvalue weighted by Gasteiger charge is 2.30. The van der Waals surface area contributed by atoms with E-state index in [4.69, 9.17) is 8.92 Å². The van der Waals surface area contributed by atoms with Gasteiger partial charge in [0.25, 0.3) is 10.1 Å². The van der Waals surface area contributed by atoms with Crippen LogP contribution in [0, 0.1) is 0 Å². The van der Waals surface area contributed by atoms with E-state index in [0.29, 0.717) is 18.7 Å². The molecule has 2 aromatic rings. The molecule has 0 spiro atoms. The highest BCUT2D eigenvalue weighted by Crippen LogP contribution is 2.28. The average molecular weight is 486 g/mol. The Labute approximate surface area is 179 Å². The molecule has 1 amide bonds. The summed E-state index contributed by atoms with van der Waals surface area (Å²) in [5.74, 6) is 0. The summed E-state index contributed by atoms with van der Waals surface area (Å²) in [4.78, 5) is 14.1. The van der Waals surface area contributed by atoms with E-state index in [0.717, 1.165) is 27.7 Å². The molecule has 1 aliphatic heterocycles. The molecular weight excluding hydrogens is 462 g/mol. The minimum atomic E-state index is -3.62. The van der Waals surface area contributed by atoms with E-state index in [1.165, 1.54) is 0 Å². The third-order valence-corrected chi connectivity index (χ3v) is 5.35. The minimum Gasteiger partial charge on any atom is -0.444 e. The first-order chi connectivity index (χ1) is 13.4. The predicted octanol–water partition coefficient (Wildman–Crippen LogP) is 3.40. The second kappa shape index (κ2) is 8.08. The molecule has 8 nitrogen and oxygen atoms in total. The van der Waals surface area contributed by atoms with Crippen LogP contribution in [-0.4, -0.2) is 47.6 Å². The number of nitrogens with zero attached hydrogens (tertiary/aromatic N) is 3. The summed E-state index contributed by atoms with van der Waals surface area (Å²) in [5.41, 5.74) is 2.46. The third-order valence-electron chi connectivity index (χ3n) is 4.27. The van der Waals surface area contributed by atoms with Crippen LogP contribution >= 0.6 is 15.9 Å². The zero-order valence-electron chi connectivity index (χ0n) is 16.8. The molecule has 0 aliphatic carbocycles. The number of aromatic nitrogens is 2. The number of carbonyl (C=O) groups is 1. The first-order valence-corrected chi connectivity index (χ1v) is 11.7. The van der Waals surface area contributed by atoms with E-state index in [1.54, 1.807) is 9.58 Å². The van der Waals surface area contributed by atoms with E-state index in [2.05, 4.69) is 21.0 Å². The van der Waals surface area contributed by atoms with Gasteiger partial charge in [0.15, 0.2) is 0 Å². The Balaban J connectivity index is 1.95. The van der Waals surface area contributed by atoms with Crippen LogP contribution in [0.3, 0.4) is 0 Å². The predicted molar refractivity (Wildman–Crippen MR) is 111 cm³/mol. The Morgan fingerprint density at radius 1 is 1.24 bits per heavy atom. The first-order valence-electron chi connectivity index (χ1n) is 9.11. The van der Waals surface area contributed by atoms with Gasteiger partial charge in [-0.25, -0.2) is 9.48 Å². The lowest BCUT2D eigenvalue weighted by atomic mass is 10.1. The van der Waals surface area contributed by atoms with Crippen molar-refractivity contribution in [2.75, 3.05) is 12.8 Å². The van der Waals surface area contributed by atoms with E-state index >= 15 is 0 Å². The van der Waals surface area contributed by atoms with Gasteiger partial charge in [-0.3, -0.25) is 4.18 Å². The average Bonchev–Trinajstić information content (AvgIpc) is 2.96. The lowest BCUT2D eigenvalue weighted by Crippen LogP contribution is -2.40. The van der Waals surface area contributed by atoms with Gasteiger partial charge in [-0.2, -0.15) is 13.5 Å². The van der Waals surface area contributed by atoms with Crippen molar-refractivity contribution < 1.29 is 22.1 Å². The second-order valence-electron chi connectivity index (χ2n) is 7.88. The Bertz CT molecular complexity index is 1010. The van der Waals surface area contributed by atoms with Gasteiger partial charge in [0, 0.05) is 23.0 Å². The van der Waals surface area contributed by atoms with Crippen molar-refractivity contribution in [3.05, 3.63) is 45.7 Å². The number of rotatable bonds is 4. The lowest BCUT2D eigenvalue weighted by Gasteiger charge is -2.30. The summed E-state index contributed by atoms with van der Waals surface area (Å²) < 4.78 is 36.1. The van der Waals surface area contributed by atoms with Crippen molar-refractivity contribution in [2.45, 2.75) is 45.9 Å². The number of fused-ring (bicyclic) bond motifs is 1. The standard InChI is InChI=1S/C19H24BrN3O5S/c1-19(2,3)28-18(24)22-10-9-17-15(11-22)16(12-27-29(4,25)26)21-23(17)14-7-5-13(20)6-8-14/h5-8H,9-12H2,1-4H3. The van der Waals surface area contributed by atoms with Crippen molar-refractivity contribution in [1.82, 2.24) is 14.7 Å². The van der Waals surface area contributed by atoms with Crippen LogP contribution in [0.1, 0.15) is 37.7 Å². The number of amides is 1. The van der Waals surface area contributed by atoms with Gasteiger partial charge in [0.05, 0.1) is 29.9 Å². The van der Waals surface area contributed by atoms with Crippen LogP contribution in [0.15, 0.2) is 28.7 Å². The first kappa shape index (κ1) is 21.8. The quantitative estimate of drug-likeness (QED) is 0.616. The SMILES string of the molecule is CC(C)(C)OC(=O)N1CCc2c(c(COS(C)(=O)=O)nn2-c2ccc(Br)cc2)C1. The van der Waals surface area contributed by atoms with Gasteiger partial charge in [0.1, 0.15) is 12.2 Å². The molecular formula is C19H24BrN3O5S. The topological polar surface area (TPSA) is 90.7 Å². The lowest BCUT2D eigenvalue weighted by molar-refractivity contribution is 0.0222. The molecule has 0 radical (unpaired) electrons. The van der Waals surface area contributed by atoms with Crippen molar-refractivity contribution in [3.8, 4) is 5.69 Å². The van der Waals surface area contributed by atoms with Gasteiger partial charge in [-0.1, -0.05) is 15.9 Å². The fourth-order valence-corrected chi connectivity index (χ4v) is 3.63. The van der Waals surface area contributed by atoms with E-state index in [9.17, 15) is 13.2 Å². The largest absolute Gasteiger partial charge is 0.444 e. The summed E-state index contributed by atoms with van der Waals surface area (Å²) >= 11 is 3.42. The van der Waals surface area contributed by atoms with Crippen molar-refractivity contribution >= 4 is 32.1 Å². The highest BCUT2D eigenvalue weighted by molar-refractivity contribution is 9.10. The van der Waals surface area contributed by atoms with Crippen LogP contribution in [0.2, 0.25) is 0 Å². The molecule has 0 atom stereocenters. The molecule has 0 saturated heterocycles. The van der Waals surface area contributed by atoms with E-state index in [1.807, 2.05) is 45.0 Å². The number of hydrogen-bond acceptors (Lipinski definition) is 6. The zero-order valence-corrected chi connectivity index (χ0v) is 19.2. The number of ether oxygens (including phenoxy) is 1. The van der Waals surface area contributed by atoms with Crippen LogP contribution in [0.4, 0.5) is 4.79 Å². The smallest absolute Gasteiger partial charge is 0.410 e. The number of hydrogen-bond donors (Lipinski definition) is 0. The summed E-state index contributed by atoms with van der Waals surface area (Å²) in [6.07, 6.45) is 1.16. The molecule has 1 aromatic carbocycles. The highest BCUT2D eigenvalue weighted by atomic mass is 79.9. The molecule has 3 rings (SSSR count). The molecule has 0 saturated carbocycles. The Kier molecular flexibility index (Phi) is 6.07. The van der Waals surface area contributed by atoms with Crippen molar-refractivity contribution in [3.63, 3.8) is 0 Å². The molecule has 0 bridgehead atoms. The van der Waals surface area contributed by atoms with E-state index in [-0.39, 0.29) is 13.2 Å². The molecule has 1 aromatic heterocycles. The van der Waals surface area contributed by atoms with Gasteiger partial charge >= 0.3 is 6.09 Å². The number of halogens is 1. The normalized spacial score (nSPS) is 14.6. The number of benzene rings is 1. The monoisotopic (exact) mass is 485 g/mol. The van der Waals surface area contributed by atoms with Gasteiger partial charge in [-0.05, 0) is 45.0 Å². The molecule has 158 valence electrons. The Morgan fingerprint density at radius 2 is 1.90 bits per heavy atom. The zero-order chi connectivity index (χ0) is 21.4. The maximum absolute atomic E-state index is 12.5. The third kappa shape index (κ3) is 5.58. The molecule has 29 heavy (non-hydrogen) atoms. The van der Waals surface area contributed by atoms with Gasteiger partial charge < -0.3 is 9.64 Å². The Morgan fingerprint density at radius 3 is 2.48 bits per heavy atom. The Hall–Kier alpha value is -1.91. The van der Waals surface area contributed by atoms with Crippen molar-refractivity contribution in [1.29, 1.82) is 0 Å². The summed E-state index contributed by atoms with van der Waals surface area (Å²) in [7, 11) is -3.62. The van der Waals surface area contributed by atoms with Crippen LogP contribution < -0.4 is 0 Å². The summed E-state index contributed by atoms with van der Waals surface area (Å²) in [6.45, 7) is 6.03. The fraction of sp³-hybridized carbons (Fsp3) is 0.474. The minimum absolute atomic E-state index is 0.188. The van der Waals surface area contributed by atoms with E-state index < -0.39 is 21.8 Å². The second-order valence-corrected chi connectivity index (χ2v) is 10.4. The van der Waals surface area contributed by atoms with Gasteiger partial charge in [0.2, 0.25) is 0 Å². The van der Waals surface area contributed by atoms with Gasteiger partial charge in [-0.15, -0.1) is 0 Å². The fourth-order valence-electron chi connectivity index (χ4n) is 3.04. The molecule has 0 fully saturated rings. The summed E-state index contributed by atoms with van der Waals surface area (Å²) in [6, 6.07) is 7.65. The van der Waals surface area contributed by atoms with Crippen LogP contribution in [0.5, 0.6) is 0 Å². The maximum atomic E-state index is 12.5. The molecule has 2 heterocycles. The molecule has 1 aliphatic rings. The molecule has 0 N–H and O–H groups in total.